The van der Waals surface area contributed by atoms with Gasteiger partial charge in [0, 0.05) is 11.6 Å². The maximum absolute atomic E-state index is 11.3. The molecular weight excluding hydrogens is 218 g/mol. The molecule has 4 nitrogen and oxygen atoms in total. The van der Waals surface area contributed by atoms with E-state index in [1.54, 1.807) is 0 Å². The molecule has 98 valence electrons. The van der Waals surface area contributed by atoms with E-state index in [4.69, 9.17) is 0 Å². The lowest BCUT2D eigenvalue weighted by molar-refractivity contribution is -0.132. The number of ether oxygens (including phenoxy) is 1. The van der Waals surface area contributed by atoms with Crippen LogP contribution in [0.1, 0.15) is 52.9 Å². The average Bonchev–Trinajstić information content (AvgIpc) is 2.24. The molecule has 0 aliphatic rings. The van der Waals surface area contributed by atoms with Crippen molar-refractivity contribution in [2.24, 2.45) is 0 Å². The summed E-state index contributed by atoms with van der Waals surface area (Å²) in [5.41, 5.74) is 0.218. The van der Waals surface area contributed by atoms with Crippen molar-refractivity contribution in [3.05, 3.63) is 12.2 Å². The number of alkyl carbamates (subject to hydrolysis) is 1. The van der Waals surface area contributed by atoms with Gasteiger partial charge in [0.15, 0.2) is 0 Å². The van der Waals surface area contributed by atoms with Gasteiger partial charge in [-0.3, -0.25) is 0 Å². The van der Waals surface area contributed by atoms with Crippen molar-refractivity contribution in [3.8, 4) is 0 Å². The molecule has 4 heteroatoms. The monoisotopic (exact) mass is 241 g/mol. The van der Waals surface area contributed by atoms with Crippen LogP contribution < -0.4 is 5.32 Å². The van der Waals surface area contributed by atoms with E-state index in [2.05, 4.69) is 23.6 Å². The van der Waals surface area contributed by atoms with Crippen LogP contribution in [0.4, 0.5) is 4.79 Å². The molecule has 0 aliphatic heterocycles. The van der Waals surface area contributed by atoms with Crippen molar-refractivity contribution in [3.63, 3.8) is 0 Å². The van der Waals surface area contributed by atoms with Gasteiger partial charge in [-0.05, 0) is 20.3 Å². The molecule has 0 aromatic rings. The number of unbranched alkanes of at least 4 members (excludes halogenated alkanes) is 3. The van der Waals surface area contributed by atoms with Gasteiger partial charge in [0.25, 0.3) is 0 Å². The average molecular weight is 241 g/mol. The minimum atomic E-state index is -0.694. The van der Waals surface area contributed by atoms with Gasteiger partial charge in [-0.25, -0.2) is 9.59 Å². The fourth-order valence-corrected chi connectivity index (χ4v) is 1.35. The summed E-state index contributed by atoms with van der Waals surface area (Å²) in [5, 5.41) is 2.62. The third-order valence-corrected chi connectivity index (χ3v) is 2.39. The lowest BCUT2D eigenvalue weighted by Gasteiger charge is -2.12. The molecule has 0 saturated heterocycles. The van der Waals surface area contributed by atoms with Gasteiger partial charge in [-0.2, -0.15) is 0 Å². The van der Waals surface area contributed by atoms with Crippen LogP contribution in [0.2, 0.25) is 0 Å². The highest BCUT2D eigenvalue weighted by Crippen LogP contribution is 2.05. The van der Waals surface area contributed by atoms with Gasteiger partial charge in [0.2, 0.25) is 0 Å². The lowest BCUT2D eigenvalue weighted by Crippen LogP contribution is -2.34. The summed E-state index contributed by atoms with van der Waals surface area (Å²) >= 11 is 0. The quantitative estimate of drug-likeness (QED) is 0.322. The first-order valence-electron chi connectivity index (χ1n) is 6.15. The minimum Gasteiger partial charge on any atom is -0.373 e. The minimum absolute atomic E-state index is 0.0253. The Kier molecular flexibility index (Phi) is 8.11. The molecule has 0 spiro atoms. The molecule has 1 atom stereocenters. The fourth-order valence-electron chi connectivity index (χ4n) is 1.35. The second-order valence-corrected chi connectivity index (χ2v) is 4.35. The normalized spacial score (nSPS) is 11.7. The van der Waals surface area contributed by atoms with E-state index < -0.39 is 12.1 Å². The van der Waals surface area contributed by atoms with Crippen LogP contribution in [-0.4, -0.2) is 18.1 Å². The van der Waals surface area contributed by atoms with Gasteiger partial charge < -0.3 is 10.1 Å². The molecule has 1 N–H and O–H groups in total. The number of esters is 1. The predicted molar refractivity (Wildman–Crippen MR) is 67.7 cm³/mol. The van der Waals surface area contributed by atoms with Crippen LogP contribution in [0.3, 0.4) is 0 Å². The number of hydrogen-bond acceptors (Lipinski definition) is 3. The number of amides is 1. The summed E-state index contributed by atoms with van der Waals surface area (Å²) in [6.07, 6.45) is 4.85. The van der Waals surface area contributed by atoms with Crippen LogP contribution >= 0.6 is 0 Å². The van der Waals surface area contributed by atoms with Crippen molar-refractivity contribution < 1.29 is 14.3 Å². The summed E-state index contributed by atoms with van der Waals surface area (Å²) in [6, 6.07) is 0.0253. The predicted octanol–water partition coefficient (Wildman–Crippen LogP) is 3.17. The van der Waals surface area contributed by atoms with Crippen molar-refractivity contribution in [2.45, 2.75) is 58.9 Å². The van der Waals surface area contributed by atoms with E-state index >= 15 is 0 Å². The van der Waals surface area contributed by atoms with Crippen LogP contribution in [0.25, 0.3) is 0 Å². The Morgan fingerprint density at radius 2 is 1.94 bits per heavy atom. The number of carbonyl (C=O) groups is 2. The summed E-state index contributed by atoms with van der Waals surface area (Å²) < 4.78 is 4.52. The van der Waals surface area contributed by atoms with E-state index in [-0.39, 0.29) is 11.6 Å². The highest BCUT2D eigenvalue weighted by atomic mass is 16.6. The zero-order valence-electron chi connectivity index (χ0n) is 11.0. The molecule has 0 heterocycles. The largest absolute Gasteiger partial charge is 0.415 e. The maximum atomic E-state index is 11.3. The zero-order chi connectivity index (χ0) is 13.3. The fraction of sp³-hybridized carbons (Fsp3) is 0.692. The first-order chi connectivity index (χ1) is 7.97. The van der Waals surface area contributed by atoms with Crippen LogP contribution in [-0.2, 0) is 9.53 Å². The van der Waals surface area contributed by atoms with Crippen molar-refractivity contribution in [1.82, 2.24) is 5.32 Å². The summed E-state index contributed by atoms with van der Waals surface area (Å²) in [5.74, 6) is -0.680. The number of rotatable bonds is 7. The maximum Gasteiger partial charge on any atom is 0.415 e. The van der Waals surface area contributed by atoms with Gasteiger partial charge in [-0.1, -0.05) is 39.2 Å². The molecule has 0 fully saturated rings. The lowest BCUT2D eigenvalue weighted by atomic mass is 10.1. The number of carbonyl (C=O) groups excluding carboxylic acids is 2. The van der Waals surface area contributed by atoms with Gasteiger partial charge in [0.1, 0.15) is 0 Å². The molecule has 0 aromatic heterocycles. The van der Waals surface area contributed by atoms with Crippen LogP contribution in [0.15, 0.2) is 12.2 Å². The molecule has 1 amide bonds. The smallest absolute Gasteiger partial charge is 0.373 e. The summed E-state index contributed by atoms with van der Waals surface area (Å²) in [4.78, 5) is 22.3. The Morgan fingerprint density at radius 3 is 2.47 bits per heavy atom. The van der Waals surface area contributed by atoms with Gasteiger partial charge in [-0.15, -0.1) is 0 Å². The topological polar surface area (TPSA) is 55.4 Å². The van der Waals surface area contributed by atoms with Crippen LogP contribution in [0.5, 0.6) is 0 Å². The second kappa shape index (κ2) is 8.79. The van der Waals surface area contributed by atoms with Crippen molar-refractivity contribution >= 4 is 12.1 Å². The number of nitrogens with one attached hydrogen (secondary N) is 1. The summed E-state index contributed by atoms with van der Waals surface area (Å²) in [6.45, 7) is 8.96. The standard InChI is InChI=1S/C13H23NO3/c1-5-6-7-8-9-11(4)14-13(16)17-12(15)10(2)3/h11H,2,5-9H2,1,3-4H3,(H,14,16). The molecule has 0 aromatic carbocycles. The molecule has 1 unspecified atom stereocenters. The molecule has 0 aliphatic carbocycles. The third kappa shape index (κ3) is 8.48. The van der Waals surface area contributed by atoms with E-state index in [1.165, 1.54) is 26.2 Å². The van der Waals surface area contributed by atoms with Crippen molar-refractivity contribution in [2.75, 3.05) is 0 Å². The molecule has 0 rings (SSSR count). The Morgan fingerprint density at radius 1 is 1.29 bits per heavy atom. The van der Waals surface area contributed by atoms with E-state index in [1.807, 2.05) is 6.92 Å². The molecule has 0 bridgehead atoms. The van der Waals surface area contributed by atoms with E-state index in [0.29, 0.717) is 0 Å². The SMILES string of the molecule is C=C(C)C(=O)OC(=O)NC(C)CCCCCC. The Hall–Kier alpha value is -1.32. The van der Waals surface area contributed by atoms with Crippen molar-refractivity contribution in [1.29, 1.82) is 0 Å². The highest BCUT2D eigenvalue weighted by molar-refractivity contribution is 5.94. The highest BCUT2D eigenvalue weighted by Gasteiger charge is 2.12. The van der Waals surface area contributed by atoms with Gasteiger partial charge in [0.05, 0.1) is 0 Å². The molecule has 0 saturated carbocycles. The Balaban J connectivity index is 3.72. The summed E-state index contributed by atoms with van der Waals surface area (Å²) in [7, 11) is 0. The zero-order valence-corrected chi connectivity index (χ0v) is 11.0. The molecule has 17 heavy (non-hydrogen) atoms. The molecule has 0 radical (unpaired) electrons. The third-order valence-electron chi connectivity index (χ3n) is 2.39. The second-order valence-electron chi connectivity index (χ2n) is 4.35. The van der Waals surface area contributed by atoms with Crippen LogP contribution in [0, 0.1) is 0 Å². The number of hydrogen-bond donors (Lipinski definition) is 1. The van der Waals surface area contributed by atoms with E-state index in [0.717, 1.165) is 12.8 Å². The Labute approximate surface area is 103 Å². The first kappa shape index (κ1) is 15.7. The van der Waals surface area contributed by atoms with E-state index in [9.17, 15) is 9.59 Å². The molecular formula is C13H23NO3. The first-order valence-corrected chi connectivity index (χ1v) is 6.15. The Bertz CT molecular complexity index is 274. The van der Waals surface area contributed by atoms with Gasteiger partial charge >= 0.3 is 12.1 Å².